The minimum Gasteiger partial charge on any atom is -0.493 e. The number of hydrogen-bond acceptors (Lipinski definition) is 4. The highest BCUT2D eigenvalue weighted by Crippen LogP contribution is 2.29. The number of carbonyl (C=O) groups excluding carboxylic acids is 1. The second kappa shape index (κ2) is 8.72. The smallest absolute Gasteiger partial charge is 0.266 e. The molecule has 2 rings (SSSR count). The van der Waals surface area contributed by atoms with Crippen molar-refractivity contribution in [3.05, 3.63) is 58.7 Å². The van der Waals surface area contributed by atoms with Gasteiger partial charge in [-0.3, -0.25) is 4.79 Å². The number of nitrogens with one attached hydrogen (secondary N) is 1. The number of anilines is 1. The molecule has 2 aromatic carbocycles. The summed E-state index contributed by atoms with van der Waals surface area (Å²) >= 11 is 0. The summed E-state index contributed by atoms with van der Waals surface area (Å²) in [7, 11) is 1.56. The van der Waals surface area contributed by atoms with E-state index in [2.05, 4.69) is 5.32 Å². The molecule has 134 valence electrons. The van der Waals surface area contributed by atoms with Gasteiger partial charge in [0.25, 0.3) is 5.91 Å². The Morgan fingerprint density at radius 1 is 1.19 bits per heavy atom. The van der Waals surface area contributed by atoms with Gasteiger partial charge in [-0.2, -0.15) is 5.26 Å². The van der Waals surface area contributed by atoms with Crippen molar-refractivity contribution in [3.63, 3.8) is 0 Å². The Balaban J connectivity index is 2.29. The maximum atomic E-state index is 12.5. The summed E-state index contributed by atoms with van der Waals surface area (Å²) in [5.74, 6) is 0.716. The van der Waals surface area contributed by atoms with Gasteiger partial charge in [-0.05, 0) is 61.7 Å². The molecular weight excluding hydrogens is 328 g/mol. The maximum absolute atomic E-state index is 12.5. The Morgan fingerprint density at radius 2 is 1.96 bits per heavy atom. The Kier molecular flexibility index (Phi) is 6.40. The fourth-order valence-corrected chi connectivity index (χ4v) is 2.43. The lowest BCUT2D eigenvalue weighted by Gasteiger charge is -2.10. The lowest BCUT2D eigenvalue weighted by molar-refractivity contribution is -0.112. The molecule has 0 radical (unpaired) electrons. The summed E-state index contributed by atoms with van der Waals surface area (Å²) in [5, 5.41) is 12.2. The summed E-state index contributed by atoms with van der Waals surface area (Å²) in [6.45, 7) is 6.22. The Labute approximate surface area is 153 Å². The summed E-state index contributed by atoms with van der Waals surface area (Å²) < 4.78 is 10.8. The van der Waals surface area contributed by atoms with Crippen molar-refractivity contribution < 1.29 is 14.3 Å². The fraction of sp³-hybridized carbons (Fsp3) is 0.238. The third-order valence-corrected chi connectivity index (χ3v) is 3.80. The van der Waals surface area contributed by atoms with Crippen LogP contribution < -0.4 is 14.8 Å². The van der Waals surface area contributed by atoms with Crippen LogP contribution in [0.15, 0.2) is 42.0 Å². The van der Waals surface area contributed by atoms with Crippen molar-refractivity contribution in [1.29, 1.82) is 5.26 Å². The zero-order valence-electron chi connectivity index (χ0n) is 15.4. The van der Waals surface area contributed by atoms with Gasteiger partial charge in [0.2, 0.25) is 0 Å². The number of hydrogen-bond donors (Lipinski definition) is 1. The van der Waals surface area contributed by atoms with E-state index >= 15 is 0 Å². The van der Waals surface area contributed by atoms with Gasteiger partial charge in [-0.15, -0.1) is 0 Å². The van der Waals surface area contributed by atoms with Crippen LogP contribution in [-0.4, -0.2) is 19.6 Å². The Bertz CT molecular complexity index is 879. The number of carbonyl (C=O) groups is 1. The zero-order valence-corrected chi connectivity index (χ0v) is 15.4. The first-order chi connectivity index (χ1) is 12.5. The zero-order chi connectivity index (χ0) is 19.1. The molecule has 26 heavy (non-hydrogen) atoms. The quantitative estimate of drug-likeness (QED) is 0.624. The molecule has 0 heterocycles. The summed E-state index contributed by atoms with van der Waals surface area (Å²) in [6.07, 6.45) is 1.53. The molecule has 0 atom stereocenters. The largest absolute Gasteiger partial charge is 0.493 e. The molecule has 1 N–H and O–H groups in total. The molecule has 1 amide bonds. The number of ether oxygens (including phenoxy) is 2. The molecule has 5 heteroatoms. The fourth-order valence-electron chi connectivity index (χ4n) is 2.43. The number of aryl methyl sites for hydroxylation is 2. The summed E-state index contributed by atoms with van der Waals surface area (Å²) in [6, 6.07) is 13.0. The van der Waals surface area contributed by atoms with Crippen LogP contribution in [0.5, 0.6) is 11.5 Å². The number of amides is 1. The average molecular weight is 350 g/mol. The number of benzene rings is 2. The van der Waals surface area contributed by atoms with Gasteiger partial charge < -0.3 is 14.8 Å². The van der Waals surface area contributed by atoms with Gasteiger partial charge in [-0.1, -0.05) is 18.2 Å². The van der Waals surface area contributed by atoms with E-state index in [1.54, 1.807) is 25.3 Å². The molecule has 0 aliphatic rings. The van der Waals surface area contributed by atoms with Crippen molar-refractivity contribution in [2.24, 2.45) is 0 Å². The van der Waals surface area contributed by atoms with Gasteiger partial charge in [0.15, 0.2) is 11.5 Å². The van der Waals surface area contributed by atoms with Crippen LogP contribution in [0.2, 0.25) is 0 Å². The lowest BCUT2D eigenvalue weighted by Crippen LogP contribution is -2.14. The molecule has 0 aromatic heterocycles. The van der Waals surface area contributed by atoms with E-state index in [-0.39, 0.29) is 5.57 Å². The first-order valence-corrected chi connectivity index (χ1v) is 8.29. The molecule has 0 spiro atoms. The van der Waals surface area contributed by atoms with E-state index in [1.165, 1.54) is 6.08 Å². The van der Waals surface area contributed by atoms with Crippen molar-refractivity contribution in [3.8, 4) is 17.6 Å². The summed E-state index contributed by atoms with van der Waals surface area (Å²) in [5.41, 5.74) is 3.36. The topological polar surface area (TPSA) is 71.3 Å². The molecule has 5 nitrogen and oxygen atoms in total. The highest BCUT2D eigenvalue weighted by atomic mass is 16.5. The first-order valence-electron chi connectivity index (χ1n) is 8.29. The Morgan fingerprint density at radius 3 is 2.62 bits per heavy atom. The van der Waals surface area contributed by atoms with Crippen LogP contribution >= 0.6 is 0 Å². The van der Waals surface area contributed by atoms with Crippen LogP contribution in [-0.2, 0) is 4.79 Å². The second-order valence-corrected chi connectivity index (χ2v) is 5.79. The second-order valence-electron chi connectivity index (χ2n) is 5.79. The predicted octanol–water partition coefficient (Wildman–Crippen LogP) is 4.26. The minimum absolute atomic E-state index is 0.0125. The van der Waals surface area contributed by atoms with Crippen molar-refractivity contribution in [1.82, 2.24) is 0 Å². The molecule has 0 aliphatic carbocycles. The first kappa shape index (κ1) is 19.1. The van der Waals surface area contributed by atoms with E-state index in [1.807, 2.05) is 45.0 Å². The monoisotopic (exact) mass is 350 g/mol. The van der Waals surface area contributed by atoms with Gasteiger partial charge in [0.05, 0.1) is 13.7 Å². The van der Waals surface area contributed by atoms with Gasteiger partial charge >= 0.3 is 0 Å². The van der Waals surface area contributed by atoms with Gasteiger partial charge in [0, 0.05) is 5.69 Å². The highest BCUT2D eigenvalue weighted by Gasteiger charge is 2.12. The van der Waals surface area contributed by atoms with Crippen LogP contribution in [0.25, 0.3) is 6.08 Å². The molecule has 0 saturated carbocycles. The van der Waals surface area contributed by atoms with E-state index in [0.29, 0.717) is 29.4 Å². The van der Waals surface area contributed by atoms with E-state index in [9.17, 15) is 10.1 Å². The van der Waals surface area contributed by atoms with Crippen LogP contribution in [0.4, 0.5) is 5.69 Å². The minimum atomic E-state index is -0.449. The molecule has 0 fully saturated rings. The van der Waals surface area contributed by atoms with E-state index in [0.717, 1.165) is 11.1 Å². The third kappa shape index (κ3) is 4.64. The van der Waals surface area contributed by atoms with Gasteiger partial charge in [0.1, 0.15) is 11.6 Å². The number of rotatable bonds is 6. The SMILES string of the molecule is CCOc1cc(/C=C(/C#N)C(=O)Nc2cc(C)ccc2C)ccc1OC. The number of nitriles is 1. The molecule has 0 saturated heterocycles. The summed E-state index contributed by atoms with van der Waals surface area (Å²) in [4.78, 5) is 12.5. The van der Waals surface area contributed by atoms with Crippen LogP contribution in [0, 0.1) is 25.2 Å². The van der Waals surface area contributed by atoms with Gasteiger partial charge in [-0.25, -0.2) is 0 Å². The van der Waals surface area contributed by atoms with Crippen LogP contribution in [0.1, 0.15) is 23.6 Å². The molecule has 0 aliphatic heterocycles. The molecule has 2 aromatic rings. The third-order valence-electron chi connectivity index (χ3n) is 3.80. The van der Waals surface area contributed by atoms with Crippen molar-refractivity contribution in [2.75, 3.05) is 19.0 Å². The highest BCUT2D eigenvalue weighted by molar-refractivity contribution is 6.10. The Hall–Kier alpha value is -3.26. The van der Waals surface area contributed by atoms with Crippen molar-refractivity contribution >= 4 is 17.7 Å². The molecular formula is C21H22N2O3. The average Bonchev–Trinajstić information content (AvgIpc) is 2.63. The van der Waals surface area contributed by atoms with Crippen LogP contribution in [0.3, 0.4) is 0 Å². The predicted molar refractivity (Wildman–Crippen MR) is 102 cm³/mol. The lowest BCUT2D eigenvalue weighted by atomic mass is 10.1. The normalized spacial score (nSPS) is 10.8. The maximum Gasteiger partial charge on any atom is 0.266 e. The van der Waals surface area contributed by atoms with E-state index in [4.69, 9.17) is 9.47 Å². The standard InChI is InChI=1S/C21H22N2O3/c1-5-26-20-12-16(8-9-19(20)25-4)11-17(13-22)21(24)23-18-10-14(2)6-7-15(18)3/h6-12H,5H2,1-4H3,(H,23,24)/b17-11-. The number of nitrogens with zero attached hydrogens (tertiary/aromatic N) is 1. The van der Waals surface area contributed by atoms with E-state index < -0.39 is 5.91 Å². The number of methoxy groups -OCH3 is 1. The molecule has 0 bridgehead atoms. The van der Waals surface area contributed by atoms with Crippen molar-refractivity contribution in [2.45, 2.75) is 20.8 Å². The molecule has 0 unspecified atom stereocenters.